The van der Waals surface area contributed by atoms with Gasteiger partial charge in [0.25, 0.3) is 5.91 Å². The van der Waals surface area contributed by atoms with Crippen molar-refractivity contribution in [3.05, 3.63) is 53.5 Å². The molecule has 0 spiro atoms. The molecule has 1 aliphatic rings. The molecule has 0 fully saturated rings. The van der Waals surface area contributed by atoms with E-state index in [1.807, 2.05) is 6.07 Å². The molecule has 0 saturated heterocycles. The third-order valence-electron chi connectivity index (χ3n) is 3.63. The Balaban J connectivity index is 2.03. The van der Waals surface area contributed by atoms with Gasteiger partial charge in [-0.1, -0.05) is 6.07 Å². The van der Waals surface area contributed by atoms with Crippen LogP contribution in [0.3, 0.4) is 0 Å². The lowest BCUT2D eigenvalue weighted by Crippen LogP contribution is -2.35. The van der Waals surface area contributed by atoms with Crippen molar-refractivity contribution in [1.82, 2.24) is 0 Å². The van der Waals surface area contributed by atoms with Gasteiger partial charge in [-0.25, -0.2) is 4.79 Å². The third kappa shape index (κ3) is 2.31. The molecule has 2 aromatic rings. The molecule has 0 N–H and O–H groups in total. The van der Waals surface area contributed by atoms with E-state index in [0.717, 1.165) is 24.1 Å². The quantitative estimate of drug-likeness (QED) is 0.796. The number of ether oxygens (including phenoxy) is 1. The Kier molecular flexibility index (Phi) is 3.48. The standard InChI is InChI=1S/C16H15NO4/c1-20-16(19)12-5-2-7-13-11(12)6-3-9-17(13)15(18)14-8-4-10-21-14/h2,4-5,7-8,10H,3,6,9H2,1H3. The van der Waals surface area contributed by atoms with Gasteiger partial charge in [0, 0.05) is 12.2 Å². The van der Waals surface area contributed by atoms with Crippen molar-refractivity contribution in [2.45, 2.75) is 12.8 Å². The van der Waals surface area contributed by atoms with Crippen molar-refractivity contribution in [3.63, 3.8) is 0 Å². The molecule has 1 aliphatic heterocycles. The maximum absolute atomic E-state index is 12.5. The van der Waals surface area contributed by atoms with Crippen molar-refractivity contribution in [2.75, 3.05) is 18.6 Å². The highest BCUT2D eigenvalue weighted by Gasteiger charge is 2.28. The van der Waals surface area contributed by atoms with Crippen molar-refractivity contribution >= 4 is 17.6 Å². The predicted molar refractivity (Wildman–Crippen MR) is 76.5 cm³/mol. The molecule has 0 atom stereocenters. The number of fused-ring (bicyclic) bond motifs is 1. The van der Waals surface area contributed by atoms with Gasteiger partial charge >= 0.3 is 5.97 Å². The van der Waals surface area contributed by atoms with E-state index < -0.39 is 0 Å². The van der Waals surface area contributed by atoms with Gasteiger partial charge in [0.15, 0.2) is 5.76 Å². The molecule has 0 radical (unpaired) electrons. The second-order valence-electron chi connectivity index (χ2n) is 4.83. The minimum atomic E-state index is -0.376. The Bertz CT molecular complexity index is 676. The van der Waals surface area contributed by atoms with Crippen LogP contribution in [0.2, 0.25) is 0 Å². The molecular weight excluding hydrogens is 270 g/mol. The first kappa shape index (κ1) is 13.4. The normalized spacial score (nSPS) is 13.7. The predicted octanol–water partition coefficient (Wildman–Crippen LogP) is 2.66. The third-order valence-corrected chi connectivity index (χ3v) is 3.63. The smallest absolute Gasteiger partial charge is 0.338 e. The largest absolute Gasteiger partial charge is 0.465 e. The van der Waals surface area contributed by atoms with E-state index in [-0.39, 0.29) is 11.9 Å². The van der Waals surface area contributed by atoms with Crippen LogP contribution in [0, 0.1) is 0 Å². The molecule has 0 bridgehead atoms. The van der Waals surface area contributed by atoms with Gasteiger partial charge in [0.05, 0.1) is 18.9 Å². The molecule has 2 heterocycles. The lowest BCUT2D eigenvalue weighted by Gasteiger charge is -2.29. The number of rotatable bonds is 2. The number of hydrogen-bond acceptors (Lipinski definition) is 4. The molecule has 1 amide bonds. The van der Waals surface area contributed by atoms with Crippen LogP contribution in [-0.2, 0) is 11.2 Å². The van der Waals surface area contributed by atoms with E-state index in [0.29, 0.717) is 17.9 Å². The highest BCUT2D eigenvalue weighted by molar-refractivity contribution is 6.06. The van der Waals surface area contributed by atoms with Crippen molar-refractivity contribution < 1.29 is 18.7 Å². The Hall–Kier alpha value is -2.56. The number of benzene rings is 1. The maximum atomic E-state index is 12.5. The number of methoxy groups -OCH3 is 1. The summed E-state index contributed by atoms with van der Waals surface area (Å²) in [5.41, 5.74) is 2.13. The van der Waals surface area contributed by atoms with Gasteiger partial charge in [-0.15, -0.1) is 0 Å². The number of carbonyl (C=O) groups excluding carboxylic acids is 2. The van der Waals surface area contributed by atoms with Crippen molar-refractivity contribution in [1.29, 1.82) is 0 Å². The van der Waals surface area contributed by atoms with Crippen LogP contribution in [0.25, 0.3) is 0 Å². The zero-order chi connectivity index (χ0) is 14.8. The minimum absolute atomic E-state index is 0.192. The highest BCUT2D eigenvalue weighted by atomic mass is 16.5. The van der Waals surface area contributed by atoms with Crippen LogP contribution < -0.4 is 4.90 Å². The first-order chi connectivity index (χ1) is 10.2. The van der Waals surface area contributed by atoms with E-state index in [1.165, 1.54) is 13.4 Å². The van der Waals surface area contributed by atoms with E-state index >= 15 is 0 Å². The number of hydrogen-bond donors (Lipinski definition) is 0. The molecule has 108 valence electrons. The highest BCUT2D eigenvalue weighted by Crippen LogP contribution is 2.31. The lowest BCUT2D eigenvalue weighted by atomic mass is 9.96. The SMILES string of the molecule is COC(=O)c1cccc2c1CCCN2C(=O)c1ccco1. The van der Waals surface area contributed by atoms with Gasteiger partial charge in [-0.3, -0.25) is 4.79 Å². The number of carbonyl (C=O) groups is 2. The molecule has 1 aromatic heterocycles. The van der Waals surface area contributed by atoms with E-state index in [1.54, 1.807) is 29.2 Å². The van der Waals surface area contributed by atoms with Crippen LogP contribution in [0.4, 0.5) is 5.69 Å². The lowest BCUT2D eigenvalue weighted by molar-refractivity contribution is 0.0599. The average Bonchev–Trinajstić information content (AvgIpc) is 3.06. The fourth-order valence-electron chi connectivity index (χ4n) is 2.67. The van der Waals surface area contributed by atoms with E-state index in [2.05, 4.69) is 0 Å². The number of nitrogens with zero attached hydrogens (tertiary/aromatic N) is 1. The number of anilines is 1. The molecule has 5 nitrogen and oxygen atoms in total. The van der Waals surface area contributed by atoms with Gasteiger partial charge in [-0.05, 0) is 42.7 Å². The molecule has 0 unspecified atom stereocenters. The molecule has 5 heteroatoms. The van der Waals surface area contributed by atoms with Crippen LogP contribution in [-0.4, -0.2) is 25.5 Å². The fourth-order valence-corrected chi connectivity index (χ4v) is 2.67. The van der Waals surface area contributed by atoms with Gasteiger partial charge < -0.3 is 14.1 Å². The van der Waals surface area contributed by atoms with Crippen molar-refractivity contribution in [2.24, 2.45) is 0 Å². The maximum Gasteiger partial charge on any atom is 0.338 e. The van der Waals surface area contributed by atoms with E-state index in [9.17, 15) is 9.59 Å². The Labute approximate surface area is 122 Å². The minimum Gasteiger partial charge on any atom is -0.465 e. The first-order valence-electron chi connectivity index (χ1n) is 6.78. The van der Waals surface area contributed by atoms with Crippen LogP contribution >= 0.6 is 0 Å². The first-order valence-corrected chi connectivity index (χ1v) is 6.78. The van der Waals surface area contributed by atoms with Crippen LogP contribution in [0.5, 0.6) is 0 Å². The topological polar surface area (TPSA) is 59.8 Å². The second kappa shape index (κ2) is 5.44. The summed E-state index contributed by atoms with van der Waals surface area (Å²) >= 11 is 0. The number of esters is 1. The van der Waals surface area contributed by atoms with E-state index in [4.69, 9.17) is 9.15 Å². The molecule has 0 saturated carbocycles. The molecule has 1 aromatic carbocycles. The Morgan fingerprint density at radius 1 is 1.24 bits per heavy atom. The molecular formula is C16H15NO4. The molecule has 21 heavy (non-hydrogen) atoms. The average molecular weight is 285 g/mol. The van der Waals surface area contributed by atoms with Crippen molar-refractivity contribution in [3.8, 4) is 0 Å². The van der Waals surface area contributed by atoms with Gasteiger partial charge in [0.2, 0.25) is 0 Å². The summed E-state index contributed by atoms with van der Waals surface area (Å²) in [5.74, 6) is -0.270. The molecule has 3 rings (SSSR count). The second-order valence-corrected chi connectivity index (χ2v) is 4.83. The zero-order valence-corrected chi connectivity index (χ0v) is 11.7. The summed E-state index contributed by atoms with van der Waals surface area (Å²) in [6.45, 7) is 0.608. The molecule has 0 aliphatic carbocycles. The summed E-state index contributed by atoms with van der Waals surface area (Å²) in [4.78, 5) is 26.0. The Morgan fingerprint density at radius 3 is 2.81 bits per heavy atom. The summed E-state index contributed by atoms with van der Waals surface area (Å²) < 4.78 is 9.99. The number of amides is 1. The van der Waals surface area contributed by atoms with Crippen LogP contribution in [0.15, 0.2) is 41.0 Å². The van der Waals surface area contributed by atoms with Gasteiger partial charge in [0.1, 0.15) is 0 Å². The summed E-state index contributed by atoms with van der Waals surface area (Å²) in [7, 11) is 1.36. The summed E-state index contributed by atoms with van der Waals surface area (Å²) in [6, 6.07) is 8.66. The number of furan rings is 1. The Morgan fingerprint density at radius 2 is 2.10 bits per heavy atom. The zero-order valence-electron chi connectivity index (χ0n) is 11.7. The fraction of sp³-hybridized carbons (Fsp3) is 0.250. The van der Waals surface area contributed by atoms with Crippen LogP contribution in [0.1, 0.15) is 32.9 Å². The summed E-state index contributed by atoms with van der Waals surface area (Å²) in [5, 5.41) is 0. The monoisotopic (exact) mass is 285 g/mol. The van der Waals surface area contributed by atoms with Gasteiger partial charge in [-0.2, -0.15) is 0 Å². The summed E-state index contributed by atoms with van der Waals surface area (Å²) in [6.07, 6.45) is 3.03.